The van der Waals surface area contributed by atoms with Crippen LogP contribution in [0.5, 0.6) is 5.75 Å². The number of rotatable bonds is 6. The van der Waals surface area contributed by atoms with Crippen LogP contribution in [0.3, 0.4) is 0 Å². The SMILES string of the molecule is CN1/C(=C/[P@@](=NS(=O)(=O)c2ccc(Cl)cc2)(Oc2cccc(Br)c2)c2ccccc2)C(C)(C)c2ccccc21. The van der Waals surface area contributed by atoms with Gasteiger partial charge in [0.1, 0.15) is 5.75 Å². The van der Waals surface area contributed by atoms with Gasteiger partial charge in [0.2, 0.25) is 7.28 Å². The van der Waals surface area contributed by atoms with Gasteiger partial charge in [0, 0.05) is 44.5 Å². The van der Waals surface area contributed by atoms with E-state index in [0.717, 1.165) is 21.4 Å². The molecule has 0 N–H and O–H groups in total. The van der Waals surface area contributed by atoms with Gasteiger partial charge in [0.15, 0.2) is 0 Å². The highest BCUT2D eigenvalue weighted by Gasteiger charge is 2.41. The van der Waals surface area contributed by atoms with Crippen molar-refractivity contribution >= 4 is 55.8 Å². The molecule has 0 spiro atoms. The number of likely N-dealkylation sites (N-methyl/N-ethyl adjacent to an activating group) is 1. The molecule has 4 aromatic carbocycles. The molecule has 0 bridgehead atoms. The predicted octanol–water partition coefficient (Wildman–Crippen LogP) is 8.58. The summed E-state index contributed by atoms with van der Waals surface area (Å²) in [6.45, 7) is 4.27. The summed E-state index contributed by atoms with van der Waals surface area (Å²) >= 11 is 9.57. The first-order chi connectivity index (χ1) is 18.5. The molecular weight excluding hydrogens is 615 g/mol. The van der Waals surface area contributed by atoms with Gasteiger partial charge in [-0.2, -0.15) is 8.42 Å². The van der Waals surface area contributed by atoms with Crippen LogP contribution in [0.2, 0.25) is 5.02 Å². The Balaban J connectivity index is 1.84. The highest BCUT2D eigenvalue weighted by Crippen LogP contribution is 2.58. The van der Waals surface area contributed by atoms with Crippen molar-refractivity contribution in [1.29, 1.82) is 0 Å². The van der Waals surface area contributed by atoms with Gasteiger partial charge in [0.05, 0.1) is 4.90 Å². The summed E-state index contributed by atoms with van der Waals surface area (Å²) in [7, 11) is -5.57. The number of hydrogen-bond acceptors (Lipinski definition) is 4. The third-order valence-corrected chi connectivity index (χ3v) is 12.3. The van der Waals surface area contributed by atoms with Gasteiger partial charge in [-0.25, -0.2) is 0 Å². The molecule has 4 aromatic rings. The Labute approximate surface area is 243 Å². The molecule has 0 radical (unpaired) electrons. The molecule has 1 atom stereocenters. The maximum absolute atomic E-state index is 13.9. The van der Waals surface area contributed by atoms with Crippen LogP contribution < -0.4 is 14.7 Å². The molecule has 0 aromatic heterocycles. The lowest BCUT2D eigenvalue weighted by molar-refractivity contribution is 0.593. The van der Waals surface area contributed by atoms with Crippen LogP contribution in [0, 0.1) is 0 Å². The van der Waals surface area contributed by atoms with Crippen LogP contribution in [0.4, 0.5) is 5.69 Å². The summed E-state index contributed by atoms with van der Waals surface area (Å²) in [6.07, 6.45) is 0. The summed E-state index contributed by atoms with van der Waals surface area (Å²) < 4.78 is 40.1. The maximum atomic E-state index is 13.9. The fraction of sp³-hybridized carbons (Fsp3) is 0.133. The van der Waals surface area contributed by atoms with Crippen molar-refractivity contribution in [1.82, 2.24) is 0 Å². The molecule has 0 fully saturated rings. The Morgan fingerprint density at radius 1 is 0.923 bits per heavy atom. The number of allylic oxidation sites excluding steroid dienone is 1. The minimum atomic E-state index is -4.16. The van der Waals surface area contributed by atoms with Gasteiger partial charge in [-0.15, -0.1) is 4.15 Å². The van der Waals surface area contributed by atoms with Gasteiger partial charge >= 0.3 is 0 Å². The topological polar surface area (TPSA) is 59.0 Å². The molecule has 1 aliphatic heterocycles. The smallest absolute Gasteiger partial charge is 0.284 e. The van der Waals surface area contributed by atoms with E-state index in [2.05, 4.69) is 51.0 Å². The normalized spacial score (nSPS) is 16.9. The largest absolute Gasteiger partial charge is 0.451 e. The van der Waals surface area contributed by atoms with Crippen LogP contribution >= 0.6 is 34.8 Å². The molecule has 1 heterocycles. The van der Waals surface area contributed by atoms with Crippen molar-refractivity contribution in [2.75, 3.05) is 11.9 Å². The molecule has 200 valence electrons. The second-order valence-corrected chi connectivity index (χ2v) is 15.4. The van der Waals surface area contributed by atoms with Gasteiger partial charge in [0.25, 0.3) is 10.0 Å². The summed E-state index contributed by atoms with van der Waals surface area (Å²) in [4.78, 5) is 2.15. The van der Waals surface area contributed by atoms with E-state index in [1.807, 2.05) is 79.6 Å². The average molecular weight is 642 g/mol. The molecule has 5 rings (SSSR count). The lowest BCUT2D eigenvalue weighted by Crippen LogP contribution is -2.24. The van der Waals surface area contributed by atoms with E-state index in [4.69, 9.17) is 16.1 Å². The minimum Gasteiger partial charge on any atom is -0.451 e. The molecule has 0 saturated carbocycles. The Morgan fingerprint density at radius 3 is 2.26 bits per heavy atom. The highest BCUT2D eigenvalue weighted by molar-refractivity contribution is 9.10. The summed E-state index contributed by atoms with van der Waals surface area (Å²) in [6, 6.07) is 31.0. The van der Waals surface area contributed by atoms with Gasteiger partial charge in [-0.05, 0) is 66.2 Å². The first kappa shape index (κ1) is 27.7. The number of nitrogens with zero attached hydrogens (tertiary/aromatic N) is 2. The fourth-order valence-electron chi connectivity index (χ4n) is 4.78. The molecule has 39 heavy (non-hydrogen) atoms. The van der Waals surface area contributed by atoms with Gasteiger partial charge in [-0.1, -0.05) is 83.8 Å². The van der Waals surface area contributed by atoms with Crippen LogP contribution in [0.15, 0.2) is 128 Å². The van der Waals surface area contributed by atoms with E-state index in [9.17, 15) is 8.42 Å². The number of anilines is 1. The van der Waals surface area contributed by atoms with Crippen molar-refractivity contribution < 1.29 is 12.9 Å². The number of halogens is 2. The lowest BCUT2D eigenvalue weighted by Gasteiger charge is -2.29. The van der Waals surface area contributed by atoms with Crippen molar-refractivity contribution in [3.05, 3.63) is 130 Å². The first-order valence-electron chi connectivity index (χ1n) is 12.2. The van der Waals surface area contributed by atoms with E-state index in [0.29, 0.717) is 16.1 Å². The van der Waals surface area contributed by atoms with Crippen molar-refractivity contribution in [2.24, 2.45) is 4.15 Å². The van der Waals surface area contributed by atoms with Gasteiger partial charge in [-0.3, -0.25) is 0 Å². The molecule has 5 nitrogen and oxygen atoms in total. The van der Waals surface area contributed by atoms with Crippen molar-refractivity contribution in [3.8, 4) is 5.75 Å². The van der Waals surface area contributed by atoms with Crippen LogP contribution in [-0.2, 0) is 15.4 Å². The first-order valence-corrected chi connectivity index (χ1v) is 16.6. The Hall–Kier alpha value is -2.83. The predicted molar refractivity (Wildman–Crippen MR) is 165 cm³/mol. The van der Waals surface area contributed by atoms with E-state index in [1.54, 1.807) is 12.1 Å². The molecule has 1 aliphatic rings. The summed E-state index contributed by atoms with van der Waals surface area (Å²) in [5.74, 6) is 2.45. The quantitative estimate of drug-likeness (QED) is 0.198. The molecular formula is C30H27BrClN2O3PS. The third-order valence-electron chi connectivity index (χ3n) is 6.74. The molecule has 0 amide bonds. The fourth-order valence-corrected chi connectivity index (χ4v) is 10.3. The summed E-state index contributed by atoms with van der Waals surface area (Å²) in [5, 5.41) is 1.12. The number of sulfonamides is 1. The molecule has 0 aliphatic carbocycles. The number of hydrogen-bond donors (Lipinski definition) is 0. The monoisotopic (exact) mass is 640 g/mol. The average Bonchev–Trinajstić information content (AvgIpc) is 3.10. The second-order valence-electron chi connectivity index (χ2n) is 9.73. The third kappa shape index (κ3) is 5.46. The standard InChI is InChI=1S/C30H27BrClN2O3PS/c1-30(2)27-14-7-8-15-28(27)34(3)29(30)21-38(25-12-5-4-6-13-25,37-24-11-9-10-22(31)20-24)33-39(35,36)26-18-16-23(32)17-19-26/h4-21H,1-3H3/b29-21+/t38-/m1/s1. The highest BCUT2D eigenvalue weighted by atomic mass is 79.9. The zero-order valence-corrected chi connectivity index (χ0v) is 25.7. The number of benzene rings is 4. The van der Waals surface area contributed by atoms with Crippen LogP contribution in [0.1, 0.15) is 19.4 Å². The molecule has 9 heteroatoms. The zero-order chi connectivity index (χ0) is 27.8. The van der Waals surface area contributed by atoms with Crippen LogP contribution in [0.25, 0.3) is 0 Å². The Bertz CT molecular complexity index is 1720. The van der Waals surface area contributed by atoms with Crippen molar-refractivity contribution in [3.63, 3.8) is 0 Å². The van der Waals surface area contributed by atoms with E-state index >= 15 is 0 Å². The van der Waals surface area contributed by atoms with Crippen molar-refractivity contribution in [2.45, 2.75) is 24.2 Å². The Kier molecular flexibility index (Phi) is 7.55. The maximum Gasteiger partial charge on any atom is 0.284 e. The number of fused-ring (bicyclic) bond motifs is 1. The van der Waals surface area contributed by atoms with Crippen LogP contribution in [-0.4, -0.2) is 15.5 Å². The van der Waals surface area contributed by atoms with E-state index in [-0.39, 0.29) is 4.90 Å². The van der Waals surface area contributed by atoms with E-state index < -0.39 is 22.7 Å². The van der Waals surface area contributed by atoms with E-state index in [1.165, 1.54) is 12.1 Å². The molecule has 0 saturated heterocycles. The Morgan fingerprint density at radius 2 is 1.59 bits per heavy atom. The molecule has 0 unspecified atom stereocenters. The second kappa shape index (κ2) is 10.6. The summed E-state index contributed by atoms with van der Waals surface area (Å²) in [5.41, 5.74) is 2.69. The number of para-hydroxylation sites is 1. The minimum absolute atomic E-state index is 0.0470. The zero-order valence-electron chi connectivity index (χ0n) is 21.6. The van der Waals surface area contributed by atoms with Gasteiger partial charge < -0.3 is 9.42 Å². The lowest BCUT2D eigenvalue weighted by atomic mass is 9.84.